The minimum Gasteiger partial charge on any atom is -0.314 e. The zero-order valence-corrected chi connectivity index (χ0v) is 11.1. The Labute approximate surface area is 109 Å². The summed E-state index contributed by atoms with van der Waals surface area (Å²) in [6.45, 7) is 4.46. The van der Waals surface area contributed by atoms with Gasteiger partial charge in [-0.15, -0.1) is 0 Å². The third-order valence-electron chi connectivity index (χ3n) is 2.81. The quantitative estimate of drug-likeness (QED) is 0.642. The molecule has 0 radical (unpaired) electrons. The van der Waals surface area contributed by atoms with Gasteiger partial charge in [0.15, 0.2) is 0 Å². The first kappa shape index (κ1) is 15.8. The molecule has 0 bridgehead atoms. The van der Waals surface area contributed by atoms with Crippen LogP contribution in [-0.2, 0) is 19.9 Å². The molecule has 0 aromatic heterocycles. The van der Waals surface area contributed by atoms with Crippen molar-refractivity contribution in [1.29, 1.82) is 0 Å². The fourth-order valence-electron chi connectivity index (χ4n) is 1.79. The Balaban J connectivity index is 2.00. The first-order valence-corrected chi connectivity index (χ1v) is 6.99. The second kappa shape index (κ2) is 13.2. The topological polar surface area (TPSA) is 61.0 Å². The lowest BCUT2D eigenvalue weighted by atomic mass is 10.1. The van der Waals surface area contributed by atoms with Crippen molar-refractivity contribution in [2.45, 2.75) is 38.5 Å². The Morgan fingerprint density at radius 2 is 0.944 bits per heavy atom. The predicted octanol–water partition coefficient (Wildman–Crippen LogP) is 1.33. The molecule has 1 heterocycles. The highest BCUT2D eigenvalue weighted by molar-refractivity contribution is 4.51. The Kier molecular flexibility index (Phi) is 11.6. The average molecular weight is 262 g/mol. The van der Waals surface area contributed by atoms with E-state index in [9.17, 15) is 0 Å². The molecule has 108 valence electrons. The SMILES string of the molecule is C1CCCCNCCOOOOCCNCCC1. The smallest absolute Gasteiger partial charge is 0.0979 e. The molecule has 6 heteroatoms. The molecule has 18 heavy (non-hydrogen) atoms. The van der Waals surface area contributed by atoms with Gasteiger partial charge in [0.2, 0.25) is 0 Å². The van der Waals surface area contributed by atoms with Crippen LogP contribution in [0.4, 0.5) is 0 Å². The molecule has 0 atom stereocenters. The zero-order valence-electron chi connectivity index (χ0n) is 11.1. The molecule has 1 saturated heterocycles. The molecule has 0 unspecified atom stereocenters. The molecule has 0 aromatic carbocycles. The fourth-order valence-corrected chi connectivity index (χ4v) is 1.79. The van der Waals surface area contributed by atoms with Crippen LogP contribution in [0.2, 0.25) is 0 Å². The normalized spacial score (nSPS) is 24.0. The summed E-state index contributed by atoms with van der Waals surface area (Å²) in [4.78, 5) is 9.50. The maximum atomic E-state index is 4.75. The summed E-state index contributed by atoms with van der Waals surface area (Å²) < 4.78 is 0. The first-order chi connectivity index (χ1) is 9.00. The van der Waals surface area contributed by atoms with Gasteiger partial charge in [-0.3, -0.25) is 0 Å². The molecule has 6 nitrogen and oxygen atoms in total. The largest absolute Gasteiger partial charge is 0.314 e. The third kappa shape index (κ3) is 10.9. The van der Waals surface area contributed by atoms with Crippen molar-refractivity contribution in [3.63, 3.8) is 0 Å². The second-order valence-electron chi connectivity index (χ2n) is 4.40. The number of hydrogen-bond donors (Lipinski definition) is 2. The van der Waals surface area contributed by atoms with E-state index in [0.717, 1.165) is 26.2 Å². The van der Waals surface area contributed by atoms with Gasteiger partial charge in [-0.25, -0.2) is 9.78 Å². The molecule has 2 N–H and O–H groups in total. The highest BCUT2D eigenvalue weighted by Crippen LogP contribution is 2.04. The summed E-state index contributed by atoms with van der Waals surface area (Å²) in [7, 11) is 0. The van der Waals surface area contributed by atoms with Crippen molar-refractivity contribution in [1.82, 2.24) is 10.6 Å². The lowest BCUT2D eigenvalue weighted by Gasteiger charge is -2.07. The Hall–Kier alpha value is -0.240. The summed E-state index contributed by atoms with van der Waals surface area (Å²) >= 11 is 0. The van der Waals surface area contributed by atoms with E-state index in [2.05, 4.69) is 20.7 Å². The van der Waals surface area contributed by atoms with Gasteiger partial charge < -0.3 is 10.6 Å². The lowest BCUT2D eigenvalue weighted by molar-refractivity contribution is -0.633. The van der Waals surface area contributed by atoms with Gasteiger partial charge >= 0.3 is 0 Å². The molecule has 0 aliphatic carbocycles. The van der Waals surface area contributed by atoms with Crippen LogP contribution in [0.5, 0.6) is 0 Å². The zero-order chi connectivity index (χ0) is 12.7. The number of hydrogen-bond acceptors (Lipinski definition) is 6. The van der Waals surface area contributed by atoms with Gasteiger partial charge in [-0.05, 0) is 36.0 Å². The van der Waals surface area contributed by atoms with Crippen molar-refractivity contribution in [2.75, 3.05) is 39.4 Å². The molecular formula is C12H26N2O4. The average Bonchev–Trinajstić information content (AvgIpc) is 2.39. The van der Waals surface area contributed by atoms with Gasteiger partial charge in [0, 0.05) is 13.1 Å². The van der Waals surface area contributed by atoms with Crippen LogP contribution in [0.25, 0.3) is 0 Å². The van der Waals surface area contributed by atoms with Crippen molar-refractivity contribution >= 4 is 0 Å². The van der Waals surface area contributed by atoms with Crippen LogP contribution in [0.3, 0.4) is 0 Å². The molecule has 0 saturated carbocycles. The van der Waals surface area contributed by atoms with E-state index in [1.54, 1.807) is 0 Å². The monoisotopic (exact) mass is 262 g/mol. The van der Waals surface area contributed by atoms with Crippen LogP contribution in [0, 0.1) is 0 Å². The van der Waals surface area contributed by atoms with Crippen molar-refractivity contribution in [2.24, 2.45) is 0 Å². The number of rotatable bonds is 0. The Morgan fingerprint density at radius 3 is 1.44 bits per heavy atom. The van der Waals surface area contributed by atoms with Gasteiger partial charge in [0.05, 0.1) is 13.2 Å². The first-order valence-electron chi connectivity index (χ1n) is 6.99. The lowest BCUT2D eigenvalue weighted by Crippen LogP contribution is -2.22. The van der Waals surface area contributed by atoms with E-state index in [4.69, 9.17) is 9.78 Å². The van der Waals surface area contributed by atoms with Gasteiger partial charge in [0.1, 0.15) is 0 Å². The highest BCUT2D eigenvalue weighted by Gasteiger charge is 1.96. The van der Waals surface area contributed by atoms with Crippen LogP contribution in [-0.4, -0.2) is 39.4 Å². The molecular weight excluding hydrogens is 236 g/mol. The second-order valence-corrected chi connectivity index (χ2v) is 4.40. The molecule has 0 aromatic rings. The Morgan fingerprint density at radius 1 is 0.500 bits per heavy atom. The van der Waals surface area contributed by atoms with Crippen molar-refractivity contribution in [3.05, 3.63) is 0 Å². The maximum absolute atomic E-state index is 4.75. The molecule has 1 aliphatic heterocycles. The summed E-state index contributed by atoms with van der Waals surface area (Å²) in [5.41, 5.74) is 0. The van der Waals surface area contributed by atoms with Crippen LogP contribution in [0.15, 0.2) is 0 Å². The van der Waals surface area contributed by atoms with Gasteiger partial charge in [-0.2, -0.15) is 0 Å². The molecule has 1 fully saturated rings. The summed E-state index contributed by atoms with van der Waals surface area (Å²) in [5.74, 6) is 0. The highest BCUT2D eigenvalue weighted by atomic mass is 17.7. The summed E-state index contributed by atoms with van der Waals surface area (Å²) in [5, 5.41) is 15.3. The Bertz CT molecular complexity index is 97.1. The van der Waals surface area contributed by atoms with E-state index < -0.39 is 0 Å². The minimum atomic E-state index is 0.446. The van der Waals surface area contributed by atoms with Crippen LogP contribution in [0.1, 0.15) is 38.5 Å². The van der Waals surface area contributed by atoms with E-state index in [0.29, 0.717) is 13.2 Å². The van der Waals surface area contributed by atoms with Gasteiger partial charge in [-0.1, -0.05) is 25.7 Å². The van der Waals surface area contributed by atoms with Crippen molar-refractivity contribution in [3.8, 4) is 0 Å². The molecule has 1 rings (SSSR count). The van der Waals surface area contributed by atoms with Crippen molar-refractivity contribution < 1.29 is 19.9 Å². The van der Waals surface area contributed by atoms with E-state index in [-0.39, 0.29) is 0 Å². The molecule has 0 spiro atoms. The number of nitrogens with one attached hydrogen (secondary N) is 2. The fraction of sp³-hybridized carbons (Fsp3) is 1.00. The van der Waals surface area contributed by atoms with Gasteiger partial charge in [0.25, 0.3) is 0 Å². The molecule has 0 amide bonds. The van der Waals surface area contributed by atoms with E-state index >= 15 is 0 Å². The van der Waals surface area contributed by atoms with Crippen LogP contribution < -0.4 is 10.6 Å². The van der Waals surface area contributed by atoms with Crippen LogP contribution >= 0.6 is 0 Å². The molecule has 1 aliphatic rings. The third-order valence-corrected chi connectivity index (χ3v) is 2.81. The van der Waals surface area contributed by atoms with E-state index in [1.807, 2.05) is 0 Å². The predicted molar refractivity (Wildman–Crippen MR) is 67.5 cm³/mol. The maximum Gasteiger partial charge on any atom is 0.0979 e. The summed E-state index contributed by atoms with van der Waals surface area (Å²) in [6.07, 6.45) is 7.71. The standard InChI is InChI=1S/C12H26N2O4/c1-2-4-6-8-14-10-12-16-18-17-15-11-9-13-7-5-3-1/h13-14H,1-12H2. The summed E-state index contributed by atoms with van der Waals surface area (Å²) in [6, 6.07) is 0. The van der Waals surface area contributed by atoms with E-state index in [1.165, 1.54) is 38.5 Å². The minimum absolute atomic E-state index is 0.446.